The first-order chi connectivity index (χ1) is 7.77. The Morgan fingerprint density at radius 1 is 1.50 bits per heavy atom. The fourth-order valence-corrected chi connectivity index (χ4v) is 1.65. The van der Waals surface area contributed by atoms with Gasteiger partial charge in [0.05, 0.1) is 11.7 Å². The van der Waals surface area contributed by atoms with Gasteiger partial charge < -0.3 is 9.47 Å². The molecule has 3 nitrogen and oxygen atoms in total. The molecule has 1 aliphatic heterocycles. The molecule has 1 atom stereocenters. The van der Waals surface area contributed by atoms with Crippen LogP contribution in [0, 0.1) is 5.82 Å². The summed E-state index contributed by atoms with van der Waals surface area (Å²) in [7, 11) is 0. The first-order valence-electron chi connectivity index (χ1n) is 5.30. The van der Waals surface area contributed by atoms with Crippen LogP contribution in [0.4, 0.5) is 4.39 Å². The highest BCUT2D eigenvalue weighted by Crippen LogP contribution is 2.14. The minimum Gasteiger partial charge on any atom is -0.459 e. The van der Waals surface area contributed by atoms with Gasteiger partial charge in [0.2, 0.25) is 0 Å². The molecular weight excluding hydrogens is 211 g/mol. The molecule has 0 saturated carbocycles. The van der Waals surface area contributed by atoms with E-state index in [9.17, 15) is 9.18 Å². The Hall–Kier alpha value is -1.42. The van der Waals surface area contributed by atoms with Crippen LogP contribution in [-0.2, 0) is 9.47 Å². The van der Waals surface area contributed by atoms with Gasteiger partial charge in [-0.15, -0.1) is 0 Å². The molecule has 16 heavy (non-hydrogen) atoms. The smallest absolute Gasteiger partial charge is 0.341 e. The van der Waals surface area contributed by atoms with Gasteiger partial charge in [0, 0.05) is 6.61 Å². The molecule has 0 N–H and O–H groups in total. The summed E-state index contributed by atoms with van der Waals surface area (Å²) < 4.78 is 23.5. The molecule has 0 aromatic heterocycles. The highest BCUT2D eigenvalue weighted by molar-refractivity contribution is 5.89. The number of ether oxygens (including phenoxy) is 2. The molecule has 1 heterocycles. The molecule has 1 aromatic carbocycles. The Labute approximate surface area is 93.2 Å². The lowest BCUT2D eigenvalue weighted by Crippen LogP contribution is -2.18. The second kappa shape index (κ2) is 5.07. The van der Waals surface area contributed by atoms with Gasteiger partial charge in [0.15, 0.2) is 0 Å². The Kier molecular flexibility index (Phi) is 3.51. The van der Waals surface area contributed by atoms with Gasteiger partial charge in [-0.25, -0.2) is 9.18 Å². The van der Waals surface area contributed by atoms with E-state index in [1.165, 1.54) is 18.2 Å². The van der Waals surface area contributed by atoms with Crippen molar-refractivity contribution in [1.29, 1.82) is 0 Å². The fourth-order valence-electron chi connectivity index (χ4n) is 1.65. The molecule has 1 saturated heterocycles. The summed E-state index contributed by atoms with van der Waals surface area (Å²) in [4.78, 5) is 11.5. The molecule has 1 aliphatic rings. The van der Waals surface area contributed by atoms with Gasteiger partial charge in [-0.2, -0.15) is 0 Å². The zero-order chi connectivity index (χ0) is 11.4. The van der Waals surface area contributed by atoms with E-state index < -0.39 is 11.8 Å². The number of benzene rings is 1. The molecule has 0 radical (unpaired) electrons. The number of hydrogen-bond acceptors (Lipinski definition) is 3. The van der Waals surface area contributed by atoms with Crippen LogP contribution in [0.15, 0.2) is 24.3 Å². The van der Waals surface area contributed by atoms with Crippen LogP contribution in [0.1, 0.15) is 23.2 Å². The third-order valence-electron chi connectivity index (χ3n) is 2.52. The van der Waals surface area contributed by atoms with Crippen LogP contribution in [-0.4, -0.2) is 25.3 Å². The first-order valence-corrected chi connectivity index (χ1v) is 5.30. The number of carbonyl (C=O) groups excluding carboxylic acids is 1. The largest absolute Gasteiger partial charge is 0.459 e. The average Bonchev–Trinajstić information content (AvgIpc) is 2.79. The fraction of sp³-hybridized carbons (Fsp3) is 0.417. The van der Waals surface area contributed by atoms with Crippen molar-refractivity contribution in [3.05, 3.63) is 35.6 Å². The zero-order valence-corrected chi connectivity index (χ0v) is 8.82. The van der Waals surface area contributed by atoms with E-state index in [2.05, 4.69) is 0 Å². The van der Waals surface area contributed by atoms with E-state index >= 15 is 0 Å². The lowest BCUT2D eigenvalue weighted by Gasteiger charge is -2.10. The third kappa shape index (κ3) is 2.58. The van der Waals surface area contributed by atoms with E-state index in [1.54, 1.807) is 6.07 Å². The zero-order valence-electron chi connectivity index (χ0n) is 8.82. The molecule has 0 bridgehead atoms. The minimum atomic E-state index is -0.631. The maximum absolute atomic E-state index is 13.2. The number of hydrogen-bond donors (Lipinski definition) is 0. The Morgan fingerprint density at radius 2 is 2.31 bits per heavy atom. The molecule has 0 aliphatic carbocycles. The first kappa shape index (κ1) is 11.1. The minimum absolute atomic E-state index is 0.0273. The quantitative estimate of drug-likeness (QED) is 0.738. The number of esters is 1. The van der Waals surface area contributed by atoms with Gasteiger partial charge in [-0.1, -0.05) is 12.1 Å². The molecule has 1 fully saturated rings. The van der Waals surface area contributed by atoms with Crippen LogP contribution in [0.5, 0.6) is 0 Å². The Morgan fingerprint density at radius 3 is 3.00 bits per heavy atom. The van der Waals surface area contributed by atoms with Gasteiger partial charge >= 0.3 is 5.97 Å². The molecular formula is C12H13FO3. The molecule has 1 aromatic rings. The van der Waals surface area contributed by atoms with Crippen molar-refractivity contribution in [2.45, 2.75) is 18.9 Å². The van der Waals surface area contributed by atoms with Gasteiger partial charge in [0.25, 0.3) is 0 Å². The van der Waals surface area contributed by atoms with E-state index in [0.717, 1.165) is 12.8 Å². The van der Waals surface area contributed by atoms with E-state index in [4.69, 9.17) is 9.47 Å². The van der Waals surface area contributed by atoms with Crippen LogP contribution in [0.3, 0.4) is 0 Å². The van der Waals surface area contributed by atoms with E-state index in [1.807, 2.05) is 0 Å². The maximum atomic E-state index is 13.2. The van der Waals surface area contributed by atoms with E-state index in [-0.39, 0.29) is 18.3 Å². The maximum Gasteiger partial charge on any atom is 0.341 e. The van der Waals surface area contributed by atoms with Crippen LogP contribution < -0.4 is 0 Å². The van der Waals surface area contributed by atoms with Gasteiger partial charge in [0.1, 0.15) is 12.4 Å². The van der Waals surface area contributed by atoms with Crippen molar-refractivity contribution in [3.8, 4) is 0 Å². The third-order valence-corrected chi connectivity index (χ3v) is 2.52. The number of halogens is 1. The summed E-state index contributed by atoms with van der Waals surface area (Å²) in [6.07, 6.45) is 1.85. The van der Waals surface area contributed by atoms with Crippen LogP contribution >= 0.6 is 0 Å². The summed E-state index contributed by atoms with van der Waals surface area (Å²) in [5.41, 5.74) is -0.0273. The van der Waals surface area contributed by atoms with Crippen molar-refractivity contribution in [2.24, 2.45) is 0 Å². The molecule has 0 unspecified atom stereocenters. The molecule has 0 spiro atoms. The normalized spacial score (nSPS) is 19.7. The average molecular weight is 224 g/mol. The standard InChI is InChI=1S/C12H13FO3/c13-11-6-2-1-5-10(11)12(14)16-8-9-4-3-7-15-9/h1-2,5-6,9H,3-4,7-8H2/t9-/m0/s1. The van der Waals surface area contributed by atoms with Crippen molar-refractivity contribution < 1.29 is 18.7 Å². The molecule has 2 rings (SSSR count). The Bertz CT molecular complexity index is 372. The summed E-state index contributed by atoms with van der Waals surface area (Å²) in [6, 6.07) is 5.79. The lowest BCUT2D eigenvalue weighted by atomic mass is 10.2. The number of carbonyl (C=O) groups is 1. The van der Waals surface area contributed by atoms with Crippen molar-refractivity contribution in [1.82, 2.24) is 0 Å². The van der Waals surface area contributed by atoms with Crippen LogP contribution in [0.2, 0.25) is 0 Å². The van der Waals surface area contributed by atoms with Crippen molar-refractivity contribution in [3.63, 3.8) is 0 Å². The Balaban J connectivity index is 1.90. The molecule has 0 amide bonds. The second-order valence-corrected chi connectivity index (χ2v) is 3.71. The predicted molar refractivity (Wildman–Crippen MR) is 55.7 cm³/mol. The molecule has 4 heteroatoms. The highest BCUT2D eigenvalue weighted by atomic mass is 19.1. The predicted octanol–water partition coefficient (Wildman–Crippen LogP) is 2.16. The monoisotopic (exact) mass is 224 g/mol. The van der Waals surface area contributed by atoms with Crippen molar-refractivity contribution >= 4 is 5.97 Å². The SMILES string of the molecule is O=C(OC[C@@H]1CCCO1)c1ccccc1F. The number of rotatable bonds is 3. The topological polar surface area (TPSA) is 35.5 Å². The highest BCUT2D eigenvalue weighted by Gasteiger charge is 2.19. The van der Waals surface area contributed by atoms with Crippen molar-refractivity contribution in [2.75, 3.05) is 13.2 Å². The summed E-state index contributed by atoms with van der Waals surface area (Å²) in [5.74, 6) is -1.19. The lowest BCUT2D eigenvalue weighted by molar-refractivity contribution is 0.0157. The second-order valence-electron chi connectivity index (χ2n) is 3.71. The van der Waals surface area contributed by atoms with Gasteiger partial charge in [-0.05, 0) is 25.0 Å². The summed E-state index contributed by atoms with van der Waals surface area (Å²) in [5, 5.41) is 0. The van der Waals surface area contributed by atoms with Gasteiger partial charge in [-0.3, -0.25) is 0 Å². The summed E-state index contributed by atoms with van der Waals surface area (Å²) >= 11 is 0. The van der Waals surface area contributed by atoms with E-state index in [0.29, 0.717) is 6.61 Å². The van der Waals surface area contributed by atoms with Crippen LogP contribution in [0.25, 0.3) is 0 Å². The summed E-state index contributed by atoms with van der Waals surface area (Å²) in [6.45, 7) is 0.912. The molecule has 86 valence electrons.